The molecule has 2 aromatic carbocycles. The molecule has 0 radical (unpaired) electrons. The lowest BCUT2D eigenvalue weighted by Gasteiger charge is -2.07. The van der Waals surface area contributed by atoms with Gasteiger partial charge in [0.25, 0.3) is 0 Å². The highest BCUT2D eigenvalue weighted by Gasteiger charge is 2.11. The van der Waals surface area contributed by atoms with Crippen molar-refractivity contribution in [1.82, 2.24) is 9.97 Å². The van der Waals surface area contributed by atoms with Gasteiger partial charge in [0.15, 0.2) is 5.82 Å². The summed E-state index contributed by atoms with van der Waals surface area (Å²) in [6.45, 7) is 0. The van der Waals surface area contributed by atoms with Crippen molar-refractivity contribution in [2.75, 3.05) is 0 Å². The van der Waals surface area contributed by atoms with Gasteiger partial charge in [-0.1, -0.05) is 50.7 Å². The van der Waals surface area contributed by atoms with E-state index in [1.54, 1.807) is 24.3 Å². The smallest absolute Gasteiger partial charge is 0.163 e. The molecule has 1 aromatic heterocycles. The third kappa shape index (κ3) is 2.63. The molecule has 0 saturated heterocycles. The zero-order valence-corrected chi connectivity index (χ0v) is 13.7. The van der Waals surface area contributed by atoms with Crippen LogP contribution in [0.2, 0.25) is 15.2 Å². The average Bonchev–Trinajstić information content (AvgIpc) is 2.41. The molecule has 0 spiro atoms. The molecule has 1 heterocycles. The monoisotopic (exact) mass is 386 g/mol. The van der Waals surface area contributed by atoms with Crippen molar-refractivity contribution in [3.8, 4) is 11.4 Å². The summed E-state index contributed by atoms with van der Waals surface area (Å²) in [5.41, 5.74) is 1.40. The maximum Gasteiger partial charge on any atom is 0.163 e. The lowest BCUT2D eigenvalue weighted by atomic mass is 10.2. The van der Waals surface area contributed by atoms with E-state index >= 15 is 0 Å². The SMILES string of the molecule is Clc1ccc2c(Cl)nc(-c3cc(Br)ccc3Cl)nc2c1. The molecule has 0 amide bonds. The van der Waals surface area contributed by atoms with Gasteiger partial charge in [-0.2, -0.15) is 0 Å². The Morgan fingerprint density at radius 2 is 1.70 bits per heavy atom. The number of benzene rings is 2. The van der Waals surface area contributed by atoms with Crippen LogP contribution in [-0.2, 0) is 0 Å². The fourth-order valence-electron chi connectivity index (χ4n) is 1.85. The van der Waals surface area contributed by atoms with Crippen LogP contribution in [0.5, 0.6) is 0 Å². The highest BCUT2D eigenvalue weighted by molar-refractivity contribution is 9.10. The largest absolute Gasteiger partial charge is 0.228 e. The molecule has 0 bridgehead atoms. The van der Waals surface area contributed by atoms with Crippen molar-refractivity contribution >= 4 is 61.6 Å². The zero-order chi connectivity index (χ0) is 14.3. The minimum atomic E-state index is 0.373. The minimum Gasteiger partial charge on any atom is -0.228 e. The van der Waals surface area contributed by atoms with E-state index in [4.69, 9.17) is 34.8 Å². The Kier molecular flexibility index (Phi) is 3.87. The lowest BCUT2D eigenvalue weighted by molar-refractivity contribution is 1.23. The first-order valence-corrected chi connectivity index (χ1v) is 7.55. The molecular formula is C14H6BrCl3N2. The summed E-state index contributed by atoms with van der Waals surface area (Å²) >= 11 is 21.8. The van der Waals surface area contributed by atoms with Crippen molar-refractivity contribution in [3.63, 3.8) is 0 Å². The number of nitrogens with zero attached hydrogens (tertiary/aromatic N) is 2. The Balaban J connectivity index is 2.29. The fourth-order valence-corrected chi connectivity index (χ4v) is 2.82. The Morgan fingerprint density at radius 3 is 2.50 bits per heavy atom. The second kappa shape index (κ2) is 5.49. The van der Waals surface area contributed by atoms with Crippen LogP contribution < -0.4 is 0 Å². The molecule has 0 N–H and O–H groups in total. The van der Waals surface area contributed by atoms with Crippen molar-refractivity contribution in [2.24, 2.45) is 0 Å². The van der Waals surface area contributed by atoms with Gasteiger partial charge in [0, 0.05) is 20.4 Å². The summed E-state index contributed by atoms with van der Waals surface area (Å²) in [6, 6.07) is 10.8. The first kappa shape index (κ1) is 14.1. The summed E-state index contributed by atoms with van der Waals surface area (Å²) in [5, 5.41) is 2.29. The van der Waals surface area contributed by atoms with Gasteiger partial charge in [-0.25, -0.2) is 9.97 Å². The van der Waals surface area contributed by atoms with Crippen LogP contribution in [0.1, 0.15) is 0 Å². The van der Waals surface area contributed by atoms with E-state index in [-0.39, 0.29) is 0 Å². The van der Waals surface area contributed by atoms with Crippen LogP contribution >= 0.6 is 50.7 Å². The molecule has 3 aromatic rings. The quantitative estimate of drug-likeness (QED) is 0.477. The fraction of sp³-hybridized carbons (Fsp3) is 0. The molecule has 6 heteroatoms. The normalized spacial score (nSPS) is 11.0. The summed E-state index contributed by atoms with van der Waals surface area (Å²) < 4.78 is 0.891. The zero-order valence-electron chi connectivity index (χ0n) is 9.87. The molecule has 2 nitrogen and oxygen atoms in total. The van der Waals surface area contributed by atoms with E-state index in [1.165, 1.54) is 0 Å². The van der Waals surface area contributed by atoms with Gasteiger partial charge in [-0.3, -0.25) is 0 Å². The van der Waals surface area contributed by atoms with E-state index in [1.807, 2.05) is 12.1 Å². The maximum absolute atomic E-state index is 6.21. The second-order valence-corrected chi connectivity index (χ2v) is 6.24. The predicted molar refractivity (Wildman–Crippen MR) is 87.7 cm³/mol. The van der Waals surface area contributed by atoms with Crippen LogP contribution in [0, 0.1) is 0 Å². The van der Waals surface area contributed by atoms with Gasteiger partial charge in [0.2, 0.25) is 0 Å². The number of aromatic nitrogens is 2. The summed E-state index contributed by atoms with van der Waals surface area (Å²) in [4.78, 5) is 8.79. The molecular weight excluding hydrogens is 382 g/mol. The number of rotatable bonds is 1. The molecule has 100 valence electrons. The molecule has 0 aliphatic carbocycles. The Hall–Kier alpha value is -0.870. The van der Waals surface area contributed by atoms with Crippen molar-refractivity contribution in [3.05, 3.63) is 56.1 Å². The van der Waals surface area contributed by atoms with Crippen molar-refractivity contribution in [1.29, 1.82) is 0 Å². The number of halogens is 4. The van der Waals surface area contributed by atoms with Gasteiger partial charge >= 0.3 is 0 Å². The average molecular weight is 388 g/mol. The van der Waals surface area contributed by atoms with E-state index < -0.39 is 0 Å². The predicted octanol–water partition coefficient (Wildman–Crippen LogP) is 6.02. The number of hydrogen-bond donors (Lipinski definition) is 0. The molecule has 0 aliphatic rings. The minimum absolute atomic E-state index is 0.373. The number of fused-ring (bicyclic) bond motifs is 1. The van der Waals surface area contributed by atoms with Gasteiger partial charge in [-0.05, 0) is 36.4 Å². The maximum atomic E-state index is 6.21. The van der Waals surface area contributed by atoms with Crippen LogP contribution in [-0.4, -0.2) is 9.97 Å². The second-order valence-electron chi connectivity index (χ2n) is 4.12. The third-order valence-corrected chi connectivity index (χ3v) is 4.13. The summed E-state index contributed by atoms with van der Waals surface area (Å²) in [5.74, 6) is 0.469. The van der Waals surface area contributed by atoms with Crippen LogP contribution in [0.15, 0.2) is 40.9 Å². The molecule has 20 heavy (non-hydrogen) atoms. The topological polar surface area (TPSA) is 25.8 Å². The van der Waals surface area contributed by atoms with Crippen molar-refractivity contribution in [2.45, 2.75) is 0 Å². The Bertz CT molecular complexity index is 821. The summed E-state index contributed by atoms with van der Waals surface area (Å²) in [6.07, 6.45) is 0. The van der Waals surface area contributed by atoms with Crippen LogP contribution in [0.25, 0.3) is 22.3 Å². The van der Waals surface area contributed by atoms with E-state index in [0.29, 0.717) is 32.1 Å². The molecule has 0 aliphatic heterocycles. The molecule has 0 saturated carbocycles. The third-order valence-electron chi connectivity index (χ3n) is 2.78. The summed E-state index contributed by atoms with van der Waals surface area (Å²) in [7, 11) is 0. The Labute approximate surface area is 138 Å². The molecule has 3 rings (SSSR count). The van der Waals surface area contributed by atoms with Crippen molar-refractivity contribution < 1.29 is 0 Å². The standard InChI is InChI=1S/C14H6BrCl3N2/c15-7-1-4-11(17)10(5-7)14-19-12-6-8(16)2-3-9(12)13(18)20-14/h1-6H. The van der Waals surface area contributed by atoms with Crippen LogP contribution in [0.4, 0.5) is 0 Å². The molecule has 0 fully saturated rings. The van der Waals surface area contributed by atoms with E-state index in [2.05, 4.69) is 25.9 Å². The van der Waals surface area contributed by atoms with Crippen LogP contribution in [0.3, 0.4) is 0 Å². The first-order valence-electron chi connectivity index (χ1n) is 5.63. The molecule has 0 atom stereocenters. The van der Waals surface area contributed by atoms with Gasteiger partial charge in [-0.15, -0.1) is 0 Å². The number of hydrogen-bond acceptors (Lipinski definition) is 2. The molecule has 0 unspecified atom stereocenters. The Morgan fingerprint density at radius 1 is 0.900 bits per heavy atom. The highest BCUT2D eigenvalue weighted by Crippen LogP contribution is 2.32. The van der Waals surface area contributed by atoms with Gasteiger partial charge in [0.1, 0.15) is 5.15 Å². The first-order chi connectivity index (χ1) is 9.54. The van der Waals surface area contributed by atoms with E-state index in [9.17, 15) is 0 Å². The van der Waals surface area contributed by atoms with E-state index in [0.717, 1.165) is 9.86 Å². The lowest BCUT2D eigenvalue weighted by Crippen LogP contribution is -1.92. The van der Waals surface area contributed by atoms with Gasteiger partial charge < -0.3 is 0 Å². The van der Waals surface area contributed by atoms with Gasteiger partial charge in [0.05, 0.1) is 10.5 Å². The highest BCUT2D eigenvalue weighted by atomic mass is 79.9.